The number of aliphatic hydroxyl groups is 1. The minimum absolute atomic E-state index is 0.176. The van der Waals surface area contributed by atoms with Gasteiger partial charge >= 0.3 is 0 Å². The topological polar surface area (TPSA) is 47.3 Å². The fraction of sp³-hybridized carbons (Fsp3) is 0.500. The molecular weight excluding hydrogens is 248 g/mol. The average molecular weight is 263 g/mol. The Labute approximate surface area is 112 Å². The summed E-state index contributed by atoms with van der Waals surface area (Å²) in [7, 11) is 0. The molecule has 1 aliphatic heterocycles. The quantitative estimate of drug-likeness (QED) is 0.846. The molecule has 3 unspecified atom stereocenters. The molecule has 0 bridgehead atoms. The second-order valence-corrected chi connectivity index (χ2v) is 5.68. The summed E-state index contributed by atoms with van der Waals surface area (Å²) in [6.45, 7) is 1.76. The van der Waals surface area contributed by atoms with E-state index in [4.69, 9.17) is 16.9 Å². The zero-order chi connectivity index (χ0) is 12.7. The Hall–Kier alpha value is -1.24. The molecule has 18 heavy (non-hydrogen) atoms. The molecule has 2 aliphatic rings. The van der Waals surface area contributed by atoms with Gasteiger partial charge in [0.15, 0.2) is 0 Å². The maximum atomic E-state index is 9.93. The molecule has 1 aromatic rings. The number of hydrogen-bond donors (Lipinski definition) is 1. The summed E-state index contributed by atoms with van der Waals surface area (Å²) in [5.41, 5.74) is 1.57. The summed E-state index contributed by atoms with van der Waals surface area (Å²) in [5, 5.41) is 19.7. The van der Waals surface area contributed by atoms with Gasteiger partial charge < -0.3 is 10.0 Å². The molecule has 3 rings (SSSR count). The highest BCUT2D eigenvalue weighted by Crippen LogP contribution is 2.40. The van der Waals surface area contributed by atoms with E-state index in [0.717, 1.165) is 31.6 Å². The van der Waals surface area contributed by atoms with E-state index in [2.05, 4.69) is 11.0 Å². The largest absolute Gasteiger partial charge is 0.393 e. The summed E-state index contributed by atoms with van der Waals surface area (Å²) >= 11 is 6.02. The third kappa shape index (κ3) is 1.86. The van der Waals surface area contributed by atoms with E-state index in [1.54, 1.807) is 12.1 Å². The molecule has 1 aromatic carbocycles. The minimum Gasteiger partial charge on any atom is -0.393 e. The van der Waals surface area contributed by atoms with Gasteiger partial charge in [-0.2, -0.15) is 5.26 Å². The number of fused-ring (bicyclic) bond motifs is 1. The van der Waals surface area contributed by atoms with E-state index in [0.29, 0.717) is 22.4 Å². The SMILES string of the molecule is N#Cc1ccc(Cl)cc1N1CC2CCC(O)C2C1. The Morgan fingerprint density at radius 3 is 2.89 bits per heavy atom. The van der Waals surface area contributed by atoms with Crippen molar-refractivity contribution in [3.63, 3.8) is 0 Å². The predicted molar refractivity (Wildman–Crippen MR) is 70.6 cm³/mol. The Morgan fingerprint density at radius 1 is 1.33 bits per heavy atom. The van der Waals surface area contributed by atoms with Gasteiger partial charge in [-0.1, -0.05) is 11.6 Å². The fourth-order valence-electron chi connectivity index (χ4n) is 3.29. The van der Waals surface area contributed by atoms with Crippen LogP contribution in [0.4, 0.5) is 5.69 Å². The first kappa shape index (κ1) is 11.8. The third-order valence-corrected chi connectivity index (χ3v) is 4.48. The van der Waals surface area contributed by atoms with E-state index < -0.39 is 0 Å². The molecule has 2 fully saturated rings. The molecule has 1 saturated heterocycles. The normalized spacial score (nSPS) is 30.3. The van der Waals surface area contributed by atoms with Crippen molar-refractivity contribution in [3.8, 4) is 6.07 Å². The van der Waals surface area contributed by atoms with Crippen molar-refractivity contribution in [2.45, 2.75) is 18.9 Å². The summed E-state index contributed by atoms with van der Waals surface area (Å²) in [5.74, 6) is 0.918. The standard InChI is InChI=1S/C14H15ClN2O/c15-11-3-1-9(6-16)13(5-11)17-7-10-2-4-14(18)12(10)8-17/h1,3,5,10,12,14,18H,2,4,7-8H2. The lowest BCUT2D eigenvalue weighted by Crippen LogP contribution is -2.25. The van der Waals surface area contributed by atoms with Gasteiger partial charge in [0.05, 0.1) is 17.4 Å². The highest BCUT2D eigenvalue weighted by atomic mass is 35.5. The molecule has 0 aromatic heterocycles. The van der Waals surface area contributed by atoms with Crippen LogP contribution in [0.3, 0.4) is 0 Å². The van der Waals surface area contributed by atoms with E-state index in [9.17, 15) is 5.11 Å². The van der Waals surface area contributed by atoms with Gasteiger partial charge in [-0.3, -0.25) is 0 Å². The van der Waals surface area contributed by atoms with Gasteiger partial charge in [0.2, 0.25) is 0 Å². The molecular formula is C14H15ClN2O. The number of nitriles is 1. The molecule has 1 aliphatic carbocycles. The summed E-state index contributed by atoms with van der Waals surface area (Å²) < 4.78 is 0. The van der Waals surface area contributed by atoms with Crippen molar-refractivity contribution in [2.24, 2.45) is 11.8 Å². The molecule has 94 valence electrons. The Kier molecular flexibility index (Phi) is 2.93. The number of anilines is 1. The van der Waals surface area contributed by atoms with Crippen LogP contribution in [0.2, 0.25) is 5.02 Å². The van der Waals surface area contributed by atoms with Crippen LogP contribution >= 0.6 is 11.6 Å². The van der Waals surface area contributed by atoms with Gasteiger partial charge in [-0.05, 0) is 37.0 Å². The van der Waals surface area contributed by atoms with Crippen LogP contribution < -0.4 is 4.90 Å². The van der Waals surface area contributed by atoms with Crippen LogP contribution in [0.1, 0.15) is 18.4 Å². The smallest absolute Gasteiger partial charge is 0.101 e. The van der Waals surface area contributed by atoms with E-state index >= 15 is 0 Å². The molecule has 0 radical (unpaired) electrons. The van der Waals surface area contributed by atoms with Crippen molar-refractivity contribution in [1.29, 1.82) is 5.26 Å². The van der Waals surface area contributed by atoms with Crippen molar-refractivity contribution in [2.75, 3.05) is 18.0 Å². The van der Waals surface area contributed by atoms with Crippen molar-refractivity contribution in [3.05, 3.63) is 28.8 Å². The first-order valence-corrected chi connectivity index (χ1v) is 6.69. The van der Waals surface area contributed by atoms with Gasteiger partial charge in [0.25, 0.3) is 0 Å². The van der Waals surface area contributed by atoms with Crippen LogP contribution in [-0.2, 0) is 0 Å². The number of halogens is 1. The lowest BCUT2D eigenvalue weighted by molar-refractivity contribution is 0.133. The maximum absolute atomic E-state index is 9.93. The summed E-state index contributed by atoms with van der Waals surface area (Å²) in [4.78, 5) is 2.20. The number of nitrogens with zero attached hydrogens (tertiary/aromatic N) is 2. The Bertz CT molecular complexity index is 511. The van der Waals surface area contributed by atoms with Crippen LogP contribution in [0.25, 0.3) is 0 Å². The fourth-order valence-corrected chi connectivity index (χ4v) is 3.46. The third-order valence-electron chi connectivity index (χ3n) is 4.24. The van der Waals surface area contributed by atoms with Crippen molar-refractivity contribution >= 4 is 17.3 Å². The van der Waals surface area contributed by atoms with E-state index in [-0.39, 0.29) is 6.10 Å². The van der Waals surface area contributed by atoms with Gasteiger partial charge in [0, 0.05) is 24.0 Å². The molecule has 3 nitrogen and oxygen atoms in total. The number of benzene rings is 1. The zero-order valence-corrected chi connectivity index (χ0v) is 10.8. The minimum atomic E-state index is -0.176. The van der Waals surface area contributed by atoms with Crippen LogP contribution in [0.5, 0.6) is 0 Å². The molecule has 3 atom stereocenters. The van der Waals surface area contributed by atoms with Crippen molar-refractivity contribution < 1.29 is 5.11 Å². The second-order valence-electron chi connectivity index (χ2n) is 5.25. The van der Waals surface area contributed by atoms with Gasteiger partial charge in [-0.25, -0.2) is 0 Å². The average Bonchev–Trinajstić information content (AvgIpc) is 2.92. The molecule has 4 heteroatoms. The second kappa shape index (κ2) is 4.46. The summed E-state index contributed by atoms with van der Waals surface area (Å²) in [6, 6.07) is 7.58. The molecule has 0 spiro atoms. The predicted octanol–water partition coefficient (Wildman–Crippen LogP) is 2.42. The molecule has 1 heterocycles. The Balaban J connectivity index is 1.89. The van der Waals surface area contributed by atoms with E-state index in [1.807, 2.05) is 6.07 Å². The maximum Gasteiger partial charge on any atom is 0.101 e. The number of rotatable bonds is 1. The lowest BCUT2D eigenvalue weighted by atomic mass is 10.00. The van der Waals surface area contributed by atoms with Crippen LogP contribution in [-0.4, -0.2) is 24.3 Å². The molecule has 1 saturated carbocycles. The monoisotopic (exact) mass is 262 g/mol. The van der Waals surface area contributed by atoms with Crippen molar-refractivity contribution in [1.82, 2.24) is 0 Å². The van der Waals surface area contributed by atoms with E-state index in [1.165, 1.54) is 0 Å². The number of hydrogen-bond acceptors (Lipinski definition) is 3. The van der Waals surface area contributed by atoms with Crippen LogP contribution in [0.15, 0.2) is 18.2 Å². The zero-order valence-electron chi connectivity index (χ0n) is 10.0. The van der Waals surface area contributed by atoms with Gasteiger partial charge in [0.1, 0.15) is 6.07 Å². The first-order chi connectivity index (χ1) is 8.69. The summed E-state index contributed by atoms with van der Waals surface area (Å²) in [6.07, 6.45) is 1.83. The highest BCUT2D eigenvalue weighted by molar-refractivity contribution is 6.30. The Morgan fingerprint density at radius 2 is 2.17 bits per heavy atom. The lowest BCUT2D eigenvalue weighted by Gasteiger charge is -2.21. The molecule has 0 amide bonds. The van der Waals surface area contributed by atoms with Crippen LogP contribution in [0, 0.1) is 23.2 Å². The first-order valence-electron chi connectivity index (χ1n) is 6.31. The number of aliphatic hydroxyl groups excluding tert-OH is 1. The molecule has 1 N–H and O–H groups in total. The van der Waals surface area contributed by atoms with Gasteiger partial charge in [-0.15, -0.1) is 0 Å². The highest BCUT2D eigenvalue weighted by Gasteiger charge is 2.42.